The summed E-state index contributed by atoms with van der Waals surface area (Å²) in [5.74, 6) is -0.576. The normalized spacial score (nSPS) is 15.8. The first-order valence-corrected chi connectivity index (χ1v) is 9.93. The third-order valence-electron chi connectivity index (χ3n) is 5.26. The molecule has 2 heterocycles. The Morgan fingerprint density at radius 3 is 2.59 bits per heavy atom. The van der Waals surface area contributed by atoms with Crippen molar-refractivity contribution in [2.75, 3.05) is 11.2 Å². The molecule has 0 amide bonds. The second-order valence-corrected chi connectivity index (χ2v) is 7.57. The van der Waals surface area contributed by atoms with Crippen molar-refractivity contribution in [1.29, 1.82) is 0 Å². The molecule has 2 aromatic rings. The van der Waals surface area contributed by atoms with Gasteiger partial charge < -0.3 is 5.32 Å². The number of hydrogen-bond donors (Lipinski definition) is 1. The van der Waals surface area contributed by atoms with Crippen LogP contribution in [0.1, 0.15) is 43.2 Å². The molecule has 8 heteroatoms. The van der Waals surface area contributed by atoms with Crippen LogP contribution in [0, 0.1) is 5.82 Å². The summed E-state index contributed by atoms with van der Waals surface area (Å²) in [7, 11) is 2.94. The highest BCUT2D eigenvalue weighted by molar-refractivity contribution is 6.17. The summed E-state index contributed by atoms with van der Waals surface area (Å²) in [5, 5.41) is 3.06. The van der Waals surface area contributed by atoms with Gasteiger partial charge in [0, 0.05) is 43.6 Å². The lowest BCUT2D eigenvalue weighted by atomic mass is 9.79. The van der Waals surface area contributed by atoms with Crippen molar-refractivity contribution >= 4 is 23.2 Å². The first-order valence-electron chi connectivity index (χ1n) is 9.40. The van der Waals surface area contributed by atoms with E-state index in [4.69, 9.17) is 11.6 Å². The summed E-state index contributed by atoms with van der Waals surface area (Å²) in [6.07, 6.45) is 1.59. The van der Waals surface area contributed by atoms with E-state index in [0.29, 0.717) is 41.4 Å². The molecule has 0 saturated carbocycles. The van der Waals surface area contributed by atoms with Gasteiger partial charge in [0.05, 0.1) is 5.56 Å². The Balaban J connectivity index is 2.27. The number of Topliss-reactive ketones (excluding diaryl/α,β-unsaturated/α-hetero) is 1. The van der Waals surface area contributed by atoms with Crippen LogP contribution < -0.4 is 16.6 Å². The number of benzene rings is 1. The van der Waals surface area contributed by atoms with E-state index in [1.807, 2.05) is 0 Å². The molecule has 0 bridgehead atoms. The monoisotopic (exact) mass is 419 g/mol. The Labute approximate surface area is 172 Å². The van der Waals surface area contributed by atoms with Crippen molar-refractivity contribution in [2.45, 2.75) is 32.1 Å². The third-order valence-corrected chi connectivity index (χ3v) is 5.52. The molecule has 29 heavy (non-hydrogen) atoms. The molecular formula is C21H23ClFN3O3. The van der Waals surface area contributed by atoms with Gasteiger partial charge in [0.1, 0.15) is 11.6 Å². The van der Waals surface area contributed by atoms with Gasteiger partial charge in [-0.2, -0.15) is 0 Å². The van der Waals surface area contributed by atoms with Crippen molar-refractivity contribution in [3.8, 4) is 0 Å². The van der Waals surface area contributed by atoms with Crippen LogP contribution in [0.15, 0.2) is 45.1 Å². The average molecular weight is 420 g/mol. The standard InChI is InChI=1S/C21H23ClFN3O3/c1-12-16(15(27)9-4-5-10-22)17(13-7-6-8-14(23)11-13)18-19(24-12)25(2)21(29)26(3)20(18)28/h6-8,11,17,24H,4-5,9-10H2,1-3H3. The molecule has 0 fully saturated rings. The second kappa shape index (κ2) is 8.37. The van der Waals surface area contributed by atoms with Crippen LogP contribution in [-0.4, -0.2) is 20.8 Å². The fraction of sp³-hybridized carbons (Fsp3) is 0.381. The van der Waals surface area contributed by atoms with Gasteiger partial charge in [-0.05, 0) is 37.5 Å². The fourth-order valence-corrected chi connectivity index (χ4v) is 3.98. The van der Waals surface area contributed by atoms with E-state index < -0.39 is 23.0 Å². The molecule has 1 N–H and O–H groups in total. The van der Waals surface area contributed by atoms with Crippen LogP contribution in [0.25, 0.3) is 0 Å². The van der Waals surface area contributed by atoms with Crippen molar-refractivity contribution < 1.29 is 9.18 Å². The molecule has 1 aliphatic rings. The largest absolute Gasteiger partial charge is 0.344 e. The number of rotatable bonds is 6. The first-order chi connectivity index (χ1) is 13.8. The molecular weight excluding hydrogens is 397 g/mol. The minimum Gasteiger partial charge on any atom is -0.344 e. The van der Waals surface area contributed by atoms with E-state index in [2.05, 4.69) is 5.32 Å². The van der Waals surface area contributed by atoms with Crippen molar-refractivity contribution in [2.24, 2.45) is 14.1 Å². The Morgan fingerprint density at radius 1 is 1.21 bits per heavy atom. The fourth-order valence-electron chi connectivity index (χ4n) is 3.79. The van der Waals surface area contributed by atoms with Crippen molar-refractivity contribution in [3.05, 3.63) is 73.3 Å². The van der Waals surface area contributed by atoms with E-state index in [9.17, 15) is 18.8 Å². The molecule has 0 spiro atoms. The number of unbranched alkanes of at least 4 members (excludes halogenated alkanes) is 1. The molecule has 3 rings (SSSR count). The number of halogens is 2. The van der Waals surface area contributed by atoms with Crippen LogP contribution in [0.3, 0.4) is 0 Å². The zero-order valence-electron chi connectivity index (χ0n) is 16.6. The molecule has 1 atom stereocenters. The number of nitrogens with one attached hydrogen (secondary N) is 1. The quantitative estimate of drug-likeness (QED) is 0.577. The lowest BCUT2D eigenvalue weighted by molar-refractivity contribution is -0.115. The van der Waals surface area contributed by atoms with E-state index in [-0.39, 0.29) is 17.8 Å². The molecule has 1 unspecified atom stereocenters. The third kappa shape index (κ3) is 3.79. The topological polar surface area (TPSA) is 73.1 Å². The van der Waals surface area contributed by atoms with Crippen LogP contribution in [0.5, 0.6) is 0 Å². The summed E-state index contributed by atoms with van der Waals surface area (Å²) in [5.41, 5.74) is 0.710. The summed E-state index contributed by atoms with van der Waals surface area (Å²) in [6, 6.07) is 5.86. The zero-order chi connectivity index (χ0) is 21.3. The maximum atomic E-state index is 14.0. The van der Waals surface area contributed by atoms with Gasteiger partial charge in [-0.3, -0.25) is 18.7 Å². The minimum atomic E-state index is -0.768. The number of nitrogens with zero attached hydrogens (tertiary/aromatic N) is 2. The van der Waals surface area contributed by atoms with Crippen molar-refractivity contribution in [1.82, 2.24) is 9.13 Å². The molecule has 1 aromatic carbocycles. The smallest absolute Gasteiger partial charge is 0.332 e. The van der Waals surface area contributed by atoms with E-state index in [1.54, 1.807) is 26.1 Å². The van der Waals surface area contributed by atoms with Gasteiger partial charge in [-0.15, -0.1) is 11.6 Å². The van der Waals surface area contributed by atoms with E-state index in [1.165, 1.54) is 23.7 Å². The molecule has 0 radical (unpaired) electrons. The Kier molecular flexibility index (Phi) is 6.07. The van der Waals surface area contributed by atoms with Gasteiger partial charge in [0.25, 0.3) is 5.56 Å². The Morgan fingerprint density at radius 2 is 1.93 bits per heavy atom. The van der Waals surface area contributed by atoms with Crippen molar-refractivity contribution in [3.63, 3.8) is 0 Å². The van der Waals surface area contributed by atoms with Crippen LogP contribution in [0.4, 0.5) is 10.2 Å². The lowest BCUT2D eigenvalue weighted by Crippen LogP contribution is -2.43. The van der Waals surface area contributed by atoms with Crippen LogP contribution >= 0.6 is 11.6 Å². The molecule has 0 saturated heterocycles. The first kappa shape index (κ1) is 21.0. The summed E-state index contributed by atoms with van der Waals surface area (Å²) >= 11 is 5.73. The number of alkyl halides is 1. The number of hydrogen-bond acceptors (Lipinski definition) is 4. The molecule has 154 valence electrons. The predicted molar refractivity (Wildman–Crippen MR) is 111 cm³/mol. The minimum absolute atomic E-state index is 0.129. The highest BCUT2D eigenvalue weighted by Gasteiger charge is 2.36. The van der Waals surface area contributed by atoms with E-state index >= 15 is 0 Å². The zero-order valence-corrected chi connectivity index (χ0v) is 17.3. The number of carbonyl (C=O) groups is 1. The highest BCUT2D eigenvalue weighted by Crippen LogP contribution is 2.40. The maximum Gasteiger partial charge on any atom is 0.332 e. The number of anilines is 1. The number of carbonyl (C=O) groups excluding carboxylic acids is 1. The SMILES string of the molecule is CC1=C(C(=O)CCCCCl)C(c2cccc(F)c2)c2c(n(C)c(=O)n(C)c2=O)N1. The van der Waals surface area contributed by atoms with Gasteiger partial charge >= 0.3 is 5.69 Å². The number of aromatic nitrogens is 2. The van der Waals surface area contributed by atoms with Crippen LogP contribution in [-0.2, 0) is 18.9 Å². The predicted octanol–water partition coefficient (Wildman–Crippen LogP) is 3.03. The van der Waals surface area contributed by atoms with E-state index in [0.717, 1.165) is 4.57 Å². The van der Waals surface area contributed by atoms with Gasteiger partial charge in [0.15, 0.2) is 5.78 Å². The molecule has 6 nitrogen and oxygen atoms in total. The summed E-state index contributed by atoms with van der Waals surface area (Å²) in [4.78, 5) is 38.5. The number of ketones is 1. The van der Waals surface area contributed by atoms with Crippen LogP contribution in [0.2, 0.25) is 0 Å². The number of fused-ring (bicyclic) bond motifs is 1. The molecule has 1 aliphatic heterocycles. The summed E-state index contributed by atoms with van der Waals surface area (Å²) < 4.78 is 16.4. The molecule has 1 aromatic heterocycles. The molecule has 0 aliphatic carbocycles. The Hall–Kier alpha value is -2.67. The second-order valence-electron chi connectivity index (χ2n) is 7.19. The Bertz CT molecular complexity index is 1120. The number of allylic oxidation sites excluding steroid dienone is 2. The summed E-state index contributed by atoms with van der Waals surface area (Å²) in [6.45, 7) is 1.73. The highest BCUT2D eigenvalue weighted by atomic mass is 35.5. The van der Waals surface area contributed by atoms with Gasteiger partial charge in [-0.1, -0.05) is 12.1 Å². The maximum absolute atomic E-state index is 14.0. The lowest BCUT2D eigenvalue weighted by Gasteiger charge is -2.31. The van der Waals surface area contributed by atoms with Gasteiger partial charge in [-0.25, -0.2) is 9.18 Å². The average Bonchev–Trinajstić information content (AvgIpc) is 2.69. The van der Waals surface area contributed by atoms with Gasteiger partial charge in [0.2, 0.25) is 0 Å².